The summed E-state index contributed by atoms with van der Waals surface area (Å²) in [6, 6.07) is 0. The molecule has 0 aromatic heterocycles. The Balaban J connectivity index is 1.88. The number of methoxy groups -OCH3 is 1. The Bertz CT molecular complexity index is 219. The van der Waals surface area contributed by atoms with Crippen LogP contribution in [0.5, 0.6) is 0 Å². The topological polar surface area (TPSA) is 43.2 Å². The first-order valence-corrected chi connectivity index (χ1v) is 6.24. The molecule has 0 spiro atoms. The molecule has 0 atom stereocenters. The van der Waals surface area contributed by atoms with Crippen LogP contribution in [0.25, 0.3) is 0 Å². The summed E-state index contributed by atoms with van der Waals surface area (Å²) in [7, 11) is 1.72. The lowest BCUT2D eigenvalue weighted by molar-refractivity contribution is 0.124. The van der Waals surface area contributed by atoms with Crippen molar-refractivity contribution >= 4 is 23.0 Å². The average Bonchev–Trinajstić information content (AvgIpc) is 2.29. The van der Waals surface area contributed by atoms with Crippen molar-refractivity contribution < 1.29 is 9.47 Å². The molecule has 86 valence electrons. The Morgan fingerprint density at radius 2 is 2.20 bits per heavy atom. The first-order valence-electron chi connectivity index (χ1n) is 5.19. The molecule has 0 aromatic carbocycles. The third-order valence-corrected chi connectivity index (χ3v) is 2.74. The van der Waals surface area contributed by atoms with Gasteiger partial charge in [0.05, 0.1) is 17.9 Å². The largest absolute Gasteiger partial charge is 0.385 e. The van der Waals surface area contributed by atoms with Gasteiger partial charge in [-0.2, -0.15) is 10.2 Å². The maximum absolute atomic E-state index is 5.49. The second-order valence-corrected chi connectivity index (χ2v) is 4.09. The van der Waals surface area contributed by atoms with E-state index in [0.29, 0.717) is 0 Å². The van der Waals surface area contributed by atoms with E-state index in [1.54, 1.807) is 24.4 Å². The summed E-state index contributed by atoms with van der Waals surface area (Å²) in [6.45, 7) is 2.39. The molecule has 0 radical (unpaired) electrons. The highest BCUT2D eigenvalue weighted by atomic mass is 32.2. The molecule has 1 aliphatic heterocycles. The maximum atomic E-state index is 5.49. The van der Waals surface area contributed by atoms with Crippen molar-refractivity contribution in [2.24, 2.45) is 10.2 Å². The predicted molar refractivity (Wildman–Crippen MR) is 64.9 cm³/mol. The Morgan fingerprint density at radius 3 is 2.93 bits per heavy atom. The molecule has 0 aromatic rings. The molecule has 0 saturated carbocycles. The number of unbranched alkanes of at least 4 members (excludes halogenated alkanes) is 1. The maximum Gasteiger partial charge on any atom is 0.0828 e. The van der Waals surface area contributed by atoms with Crippen LogP contribution in [0, 0.1) is 0 Å². The van der Waals surface area contributed by atoms with Gasteiger partial charge in [-0.15, -0.1) is 11.8 Å². The van der Waals surface area contributed by atoms with E-state index < -0.39 is 0 Å². The van der Waals surface area contributed by atoms with Crippen LogP contribution >= 0.6 is 11.8 Å². The van der Waals surface area contributed by atoms with Gasteiger partial charge in [0.2, 0.25) is 0 Å². The van der Waals surface area contributed by atoms with Crippen LogP contribution in [-0.2, 0) is 9.47 Å². The van der Waals surface area contributed by atoms with E-state index in [-0.39, 0.29) is 0 Å². The Labute approximate surface area is 95.1 Å². The lowest BCUT2D eigenvalue weighted by atomic mass is 10.3. The molecular formula is C10H18N2O2S. The summed E-state index contributed by atoms with van der Waals surface area (Å²) in [5.41, 5.74) is 2.90. The predicted octanol–water partition coefficient (Wildman–Crippen LogP) is 1.95. The van der Waals surface area contributed by atoms with Crippen LogP contribution in [0.2, 0.25) is 0 Å². The molecule has 0 unspecified atom stereocenters. The van der Waals surface area contributed by atoms with Gasteiger partial charge in [0.1, 0.15) is 0 Å². The number of hydrogen-bond acceptors (Lipinski definition) is 5. The van der Waals surface area contributed by atoms with Crippen LogP contribution < -0.4 is 0 Å². The highest BCUT2D eigenvalue weighted by molar-refractivity contribution is 8.12. The minimum atomic E-state index is 0.752. The van der Waals surface area contributed by atoms with E-state index in [1.165, 1.54) is 0 Å². The van der Waals surface area contributed by atoms with Crippen molar-refractivity contribution in [3.63, 3.8) is 0 Å². The molecular weight excluding hydrogens is 212 g/mol. The Morgan fingerprint density at radius 1 is 1.33 bits per heavy atom. The quantitative estimate of drug-likeness (QED) is 0.599. The highest BCUT2D eigenvalue weighted by Crippen LogP contribution is 2.05. The van der Waals surface area contributed by atoms with Crippen molar-refractivity contribution in [3.05, 3.63) is 0 Å². The molecule has 15 heavy (non-hydrogen) atoms. The van der Waals surface area contributed by atoms with Crippen molar-refractivity contribution in [2.75, 3.05) is 32.7 Å². The standard InChI is InChI=1S/C10H18N2O2S/c1-13-5-2-3-6-14-7-4-10-8-15-9-11-12-10/h9H,2-8H2,1H3. The molecule has 0 amide bonds. The van der Waals surface area contributed by atoms with Crippen molar-refractivity contribution in [1.82, 2.24) is 0 Å². The number of ether oxygens (including phenoxy) is 2. The van der Waals surface area contributed by atoms with Gasteiger partial charge in [-0.05, 0) is 12.8 Å². The second kappa shape index (κ2) is 8.88. The van der Waals surface area contributed by atoms with E-state index in [0.717, 1.165) is 50.5 Å². The van der Waals surface area contributed by atoms with E-state index >= 15 is 0 Å². The van der Waals surface area contributed by atoms with Gasteiger partial charge in [-0.25, -0.2) is 0 Å². The zero-order valence-electron chi connectivity index (χ0n) is 9.15. The van der Waals surface area contributed by atoms with E-state index in [4.69, 9.17) is 9.47 Å². The molecule has 0 bridgehead atoms. The van der Waals surface area contributed by atoms with E-state index in [9.17, 15) is 0 Å². The minimum absolute atomic E-state index is 0.752. The number of rotatable bonds is 8. The molecule has 4 nitrogen and oxygen atoms in total. The number of thioether (sulfide) groups is 1. The number of nitrogens with zero attached hydrogens (tertiary/aromatic N) is 2. The summed E-state index contributed by atoms with van der Waals surface area (Å²) in [4.78, 5) is 0. The monoisotopic (exact) mass is 230 g/mol. The molecule has 5 heteroatoms. The fourth-order valence-electron chi connectivity index (χ4n) is 1.17. The summed E-state index contributed by atoms with van der Waals surface area (Å²) >= 11 is 1.68. The summed E-state index contributed by atoms with van der Waals surface area (Å²) in [5.74, 6) is 0.955. The molecule has 1 heterocycles. The zero-order valence-corrected chi connectivity index (χ0v) is 9.96. The second-order valence-electron chi connectivity index (χ2n) is 3.26. The lowest BCUT2D eigenvalue weighted by Gasteiger charge is -2.07. The van der Waals surface area contributed by atoms with Crippen LogP contribution in [0.3, 0.4) is 0 Å². The minimum Gasteiger partial charge on any atom is -0.385 e. The van der Waals surface area contributed by atoms with Gasteiger partial charge in [0.15, 0.2) is 0 Å². The molecule has 1 rings (SSSR count). The van der Waals surface area contributed by atoms with Crippen LogP contribution in [0.15, 0.2) is 10.2 Å². The smallest absolute Gasteiger partial charge is 0.0828 e. The Kier molecular flexibility index (Phi) is 7.51. The van der Waals surface area contributed by atoms with Crippen LogP contribution in [0.4, 0.5) is 0 Å². The average molecular weight is 230 g/mol. The van der Waals surface area contributed by atoms with Crippen LogP contribution in [0.1, 0.15) is 19.3 Å². The van der Waals surface area contributed by atoms with Gasteiger partial charge < -0.3 is 9.47 Å². The van der Waals surface area contributed by atoms with Gasteiger partial charge in [0, 0.05) is 32.5 Å². The van der Waals surface area contributed by atoms with E-state index in [2.05, 4.69) is 10.2 Å². The van der Waals surface area contributed by atoms with Gasteiger partial charge in [0.25, 0.3) is 0 Å². The fraction of sp³-hybridized carbons (Fsp3) is 0.800. The van der Waals surface area contributed by atoms with Crippen LogP contribution in [-0.4, -0.2) is 43.9 Å². The first-order chi connectivity index (χ1) is 7.43. The summed E-state index contributed by atoms with van der Waals surface area (Å²) < 4.78 is 10.4. The third-order valence-electron chi connectivity index (χ3n) is 1.99. The lowest BCUT2D eigenvalue weighted by Crippen LogP contribution is -2.09. The van der Waals surface area contributed by atoms with Gasteiger partial charge >= 0.3 is 0 Å². The molecule has 1 aliphatic rings. The van der Waals surface area contributed by atoms with Crippen molar-refractivity contribution in [1.29, 1.82) is 0 Å². The normalized spacial score (nSPS) is 15.4. The van der Waals surface area contributed by atoms with Crippen molar-refractivity contribution in [2.45, 2.75) is 19.3 Å². The summed E-state index contributed by atoms with van der Waals surface area (Å²) in [6.07, 6.45) is 3.03. The third kappa shape index (κ3) is 6.65. The van der Waals surface area contributed by atoms with E-state index in [1.807, 2.05) is 0 Å². The van der Waals surface area contributed by atoms with Crippen molar-refractivity contribution in [3.8, 4) is 0 Å². The SMILES string of the molecule is COCCCCOCCC1=NN=CSC1. The molecule has 0 aliphatic carbocycles. The molecule has 0 fully saturated rings. The molecule has 0 N–H and O–H groups in total. The van der Waals surface area contributed by atoms with Gasteiger partial charge in [-0.1, -0.05) is 0 Å². The zero-order chi connectivity index (χ0) is 10.8. The fourth-order valence-corrected chi connectivity index (χ4v) is 1.75. The first kappa shape index (κ1) is 12.7. The Hall–Kier alpha value is -0.390. The number of hydrogen-bond donors (Lipinski definition) is 0. The highest BCUT2D eigenvalue weighted by Gasteiger charge is 2.02. The summed E-state index contributed by atoms with van der Waals surface area (Å²) in [5, 5.41) is 7.89. The molecule has 0 saturated heterocycles. The van der Waals surface area contributed by atoms with Gasteiger partial charge in [-0.3, -0.25) is 0 Å².